The van der Waals surface area contributed by atoms with Gasteiger partial charge in [0.15, 0.2) is 0 Å². The van der Waals surface area contributed by atoms with Gasteiger partial charge in [-0.2, -0.15) is 0 Å². The quantitative estimate of drug-likeness (QED) is 0.643. The highest BCUT2D eigenvalue weighted by Gasteiger charge is 2.40. The minimum Gasteiger partial charge on any atom is -0.356 e. The highest BCUT2D eigenvalue weighted by atomic mass is 16.2. The molecule has 1 saturated heterocycles. The maximum Gasteiger partial charge on any atom is 0.226 e. The fourth-order valence-corrected chi connectivity index (χ4v) is 1.91. The summed E-state index contributed by atoms with van der Waals surface area (Å²) in [5.74, 6) is 0.189. The lowest BCUT2D eigenvalue weighted by Crippen LogP contribution is -2.30. The van der Waals surface area contributed by atoms with Crippen molar-refractivity contribution in [3.8, 4) is 0 Å². The minimum absolute atomic E-state index is 0.185. The smallest absolute Gasteiger partial charge is 0.226 e. The molecule has 1 fully saturated rings. The molecule has 1 atom stereocenters. The van der Waals surface area contributed by atoms with E-state index >= 15 is 0 Å². The number of carbonyl (C=O) groups is 1. The Morgan fingerprint density at radius 1 is 1.46 bits per heavy atom. The van der Waals surface area contributed by atoms with Gasteiger partial charge in [0.25, 0.3) is 0 Å². The molecular formula is C11H17NO. The Labute approximate surface area is 79.7 Å². The molecule has 0 bridgehead atoms. The molecular weight excluding hydrogens is 162 g/mol. The van der Waals surface area contributed by atoms with Gasteiger partial charge < -0.3 is 5.32 Å². The lowest BCUT2D eigenvalue weighted by molar-refractivity contribution is -0.127. The van der Waals surface area contributed by atoms with Crippen LogP contribution in [0, 0.1) is 5.41 Å². The van der Waals surface area contributed by atoms with E-state index in [1.54, 1.807) is 0 Å². The van der Waals surface area contributed by atoms with Gasteiger partial charge in [-0.1, -0.05) is 12.2 Å². The second kappa shape index (κ2) is 4.26. The molecule has 1 aliphatic heterocycles. The van der Waals surface area contributed by atoms with Crippen LogP contribution in [-0.2, 0) is 4.79 Å². The summed E-state index contributed by atoms with van der Waals surface area (Å²) in [4.78, 5) is 11.6. The molecule has 0 aromatic rings. The molecule has 0 aromatic carbocycles. The molecule has 0 radical (unpaired) electrons. The summed E-state index contributed by atoms with van der Waals surface area (Å²) < 4.78 is 0. The van der Waals surface area contributed by atoms with Gasteiger partial charge in [0, 0.05) is 6.54 Å². The van der Waals surface area contributed by atoms with Crippen molar-refractivity contribution in [1.29, 1.82) is 0 Å². The Kier molecular flexibility index (Phi) is 3.29. The van der Waals surface area contributed by atoms with E-state index in [1.807, 2.05) is 12.2 Å². The number of allylic oxidation sites excluding steroid dienone is 2. The van der Waals surface area contributed by atoms with E-state index in [4.69, 9.17) is 0 Å². The average molecular weight is 179 g/mol. The van der Waals surface area contributed by atoms with Gasteiger partial charge in [0.1, 0.15) is 0 Å². The highest BCUT2D eigenvalue weighted by molar-refractivity contribution is 5.84. The molecule has 2 nitrogen and oxygen atoms in total. The van der Waals surface area contributed by atoms with Crippen molar-refractivity contribution in [2.45, 2.75) is 25.7 Å². The van der Waals surface area contributed by atoms with Gasteiger partial charge in [-0.05, 0) is 25.7 Å². The second-order valence-electron chi connectivity index (χ2n) is 3.61. The van der Waals surface area contributed by atoms with Crippen LogP contribution < -0.4 is 5.32 Å². The van der Waals surface area contributed by atoms with Crippen molar-refractivity contribution in [2.75, 3.05) is 6.54 Å². The monoisotopic (exact) mass is 179 g/mol. The van der Waals surface area contributed by atoms with Crippen LogP contribution in [-0.4, -0.2) is 12.5 Å². The molecule has 13 heavy (non-hydrogen) atoms. The van der Waals surface area contributed by atoms with Crippen LogP contribution in [0.25, 0.3) is 0 Å². The summed E-state index contributed by atoms with van der Waals surface area (Å²) >= 11 is 0. The molecule has 72 valence electrons. The summed E-state index contributed by atoms with van der Waals surface area (Å²) in [7, 11) is 0. The van der Waals surface area contributed by atoms with Gasteiger partial charge >= 0.3 is 0 Å². The standard InChI is InChI=1S/C11H17NO/c1-3-5-7-11(6-4-2)8-9-12-10(11)13/h3-4H,1-2,5-9H2,(H,12,13). The Morgan fingerprint density at radius 3 is 2.69 bits per heavy atom. The van der Waals surface area contributed by atoms with Crippen LogP contribution >= 0.6 is 0 Å². The summed E-state index contributed by atoms with van der Waals surface area (Å²) in [6, 6.07) is 0. The fraction of sp³-hybridized carbons (Fsp3) is 0.545. The normalized spacial score (nSPS) is 26.9. The first-order chi connectivity index (χ1) is 6.25. The summed E-state index contributed by atoms with van der Waals surface area (Å²) in [6.07, 6.45) is 7.23. The van der Waals surface area contributed by atoms with Crippen molar-refractivity contribution in [2.24, 2.45) is 5.41 Å². The maximum atomic E-state index is 11.6. The van der Waals surface area contributed by atoms with Gasteiger partial charge in [-0.25, -0.2) is 0 Å². The predicted molar refractivity (Wildman–Crippen MR) is 54.3 cm³/mol. The van der Waals surface area contributed by atoms with E-state index in [1.165, 1.54) is 0 Å². The molecule has 0 aromatic heterocycles. The topological polar surface area (TPSA) is 29.1 Å². The second-order valence-corrected chi connectivity index (χ2v) is 3.61. The van der Waals surface area contributed by atoms with Crippen LogP contribution in [0.1, 0.15) is 25.7 Å². The summed E-state index contributed by atoms with van der Waals surface area (Å²) in [6.45, 7) is 8.20. The number of hydrogen-bond donors (Lipinski definition) is 1. The highest BCUT2D eigenvalue weighted by Crippen LogP contribution is 2.36. The predicted octanol–water partition coefficient (Wildman–Crippen LogP) is 2.04. The molecule has 1 aliphatic rings. The van der Waals surface area contributed by atoms with Crippen molar-refractivity contribution in [1.82, 2.24) is 5.32 Å². The Balaban J connectivity index is 2.67. The summed E-state index contributed by atoms with van der Waals surface area (Å²) in [5, 5.41) is 2.88. The first-order valence-electron chi connectivity index (χ1n) is 4.75. The molecule has 1 rings (SSSR count). The molecule has 0 spiro atoms. The SMILES string of the molecule is C=CCCC1(CC=C)CCNC1=O. The lowest BCUT2D eigenvalue weighted by Gasteiger charge is -2.23. The molecule has 1 amide bonds. The van der Waals surface area contributed by atoms with E-state index in [-0.39, 0.29) is 11.3 Å². The zero-order valence-electron chi connectivity index (χ0n) is 8.01. The lowest BCUT2D eigenvalue weighted by atomic mass is 9.78. The first kappa shape index (κ1) is 10.0. The van der Waals surface area contributed by atoms with Crippen molar-refractivity contribution in [3.05, 3.63) is 25.3 Å². The third-order valence-corrected chi connectivity index (χ3v) is 2.73. The zero-order valence-corrected chi connectivity index (χ0v) is 8.01. The maximum absolute atomic E-state index is 11.6. The number of nitrogens with one attached hydrogen (secondary N) is 1. The van der Waals surface area contributed by atoms with Crippen molar-refractivity contribution in [3.63, 3.8) is 0 Å². The Morgan fingerprint density at radius 2 is 2.23 bits per heavy atom. The molecule has 1 N–H and O–H groups in total. The Hall–Kier alpha value is -1.05. The number of carbonyl (C=O) groups excluding carboxylic acids is 1. The van der Waals surface area contributed by atoms with Crippen LogP contribution in [0.15, 0.2) is 25.3 Å². The van der Waals surface area contributed by atoms with E-state index in [9.17, 15) is 4.79 Å². The number of amides is 1. The largest absolute Gasteiger partial charge is 0.356 e. The summed E-state index contributed by atoms with van der Waals surface area (Å²) in [5.41, 5.74) is -0.185. The van der Waals surface area contributed by atoms with Gasteiger partial charge in [0.2, 0.25) is 5.91 Å². The molecule has 2 heteroatoms. The van der Waals surface area contributed by atoms with E-state index < -0.39 is 0 Å². The third-order valence-electron chi connectivity index (χ3n) is 2.73. The third kappa shape index (κ3) is 2.00. The first-order valence-corrected chi connectivity index (χ1v) is 4.75. The molecule has 1 unspecified atom stereocenters. The average Bonchev–Trinajstić information content (AvgIpc) is 2.46. The van der Waals surface area contributed by atoms with E-state index in [0.717, 1.165) is 32.2 Å². The van der Waals surface area contributed by atoms with Crippen molar-refractivity contribution >= 4 is 5.91 Å². The molecule has 0 aliphatic carbocycles. The number of rotatable bonds is 5. The van der Waals surface area contributed by atoms with E-state index in [0.29, 0.717) is 0 Å². The van der Waals surface area contributed by atoms with Gasteiger partial charge in [-0.15, -0.1) is 13.2 Å². The van der Waals surface area contributed by atoms with E-state index in [2.05, 4.69) is 18.5 Å². The minimum atomic E-state index is -0.185. The molecule has 1 heterocycles. The van der Waals surface area contributed by atoms with Crippen LogP contribution in [0.4, 0.5) is 0 Å². The fourth-order valence-electron chi connectivity index (χ4n) is 1.91. The van der Waals surface area contributed by atoms with Crippen LogP contribution in [0.5, 0.6) is 0 Å². The van der Waals surface area contributed by atoms with Crippen LogP contribution in [0.3, 0.4) is 0 Å². The van der Waals surface area contributed by atoms with Crippen LogP contribution in [0.2, 0.25) is 0 Å². The zero-order chi connectivity index (χ0) is 9.73. The van der Waals surface area contributed by atoms with Gasteiger partial charge in [-0.3, -0.25) is 4.79 Å². The number of hydrogen-bond acceptors (Lipinski definition) is 1. The van der Waals surface area contributed by atoms with Crippen molar-refractivity contribution < 1.29 is 4.79 Å². The van der Waals surface area contributed by atoms with Gasteiger partial charge in [0.05, 0.1) is 5.41 Å². The molecule has 0 saturated carbocycles. The Bertz CT molecular complexity index is 222.